The minimum absolute atomic E-state index is 0.00208. The van der Waals surface area contributed by atoms with Crippen LogP contribution in [0.2, 0.25) is 0 Å². The molecule has 0 amide bonds. The van der Waals surface area contributed by atoms with Gasteiger partial charge < -0.3 is 25.2 Å². The Labute approximate surface area is 227 Å². The van der Waals surface area contributed by atoms with Crippen LogP contribution in [0.3, 0.4) is 0 Å². The summed E-state index contributed by atoms with van der Waals surface area (Å²) in [7, 11) is 1.34. The molecule has 5 rings (SSSR count). The molecule has 12 unspecified atom stereocenters. The smallest absolute Gasteiger partial charge is 0.314 e. The van der Waals surface area contributed by atoms with E-state index in [2.05, 4.69) is 26.8 Å². The van der Waals surface area contributed by atoms with Crippen molar-refractivity contribution < 1.29 is 34.8 Å². The number of methoxy groups -OCH3 is 1. The number of fused-ring (bicyclic) bond motifs is 7. The average Bonchev–Trinajstić information content (AvgIpc) is 2.84. The van der Waals surface area contributed by atoms with Gasteiger partial charge in [0.25, 0.3) is 0 Å². The van der Waals surface area contributed by atoms with Crippen molar-refractivity contribution >= 4 is 11.9 Å². The Kier molecular flexibility index (Phi) is 6.13. The molecule has 0 aliphatic heterocycles. The van der Waals surface area contributed by atoms with Crippen LogP contribution in [0.4, 0.5) is 0 Å². The van der Waals surface area contributed by atoms with Gasteiger partial charge >= 0.3 is 11.9 Å². The highest BCUT2D eigenvalue weighted by Crippen LogP contribution is 2.76. The molecule has 4 N–H and O–H groups in total. The monoisotopic (exact) mass is 532 g/mol. The molecule has 5 aliphatic carbocycles. The van der Waals surface area contributed by atoms with Gasteiger partial charge in [-0.2, -0.15) is 0 Å². The standard InChI is InChI=1S/C31H48O7/c1-17-10-13-31(24(34)35)15-14-27(3)18(22(31)30(17,6)37)8-9-20-26(2)16-19(32)23(33)29(5,25(36)38-7)21(26)11-12-28(20,27)4/h8,17,19-23,32-33,37H,9-16H2,1-7H3,(H,34,35). The van der Waals surface area contributed by atoms with E-state index in [0.717, 1.165) is 18.4 Å². The predicted molar refractivity (Wildman–Crippen MR) is 142 cm³/mol. The predicted octanol–water partition coefficient (Wildman–Crippen LogP) is 4.33. The van der Waals surface area contributed by atoms with Crippen molar-refractivity contribution in [1.82, 2.24) is 0 Å². The zero-order chi connectivity index (χ0) is 28.3. The highest BCUT2D eigenvalue weighted by Gasteiger charge is 2.73. The number of aliphatic hydroxyl groups is 3. The van der Waals surface area contributed by atoms with E-state index >= 15 is 0 Å². The minimum Gasteiger partial charge on any atom is -0.481 e. The minimum atomic E-state index is -1.21. The second-order valence-corrected chi connectivity index (χ2v) is 14.8. The molecule has 38 heavy (non-hydrogen) atoms. The van der Waals surface area contributed by atoms with Gasteiger partial charge in [-0.1, -0.05) is 39.3 Å². The normalized spacial score (nSPS) is 55.9. The van der Waals surface area contributed by atoms with Crippen molar-refractivity contribution in [1.29, 1.82) is 0 Å². The van der Waals surface area contributed by atoms with Crippen LogP contribution < -0.4 is 0 Å². The van der Waals surface area contributed by atoms with Crippen LogP contribution in [0.1, 0.15) is 92.9 Å². The zero-order valence-electron chi connectivity index (χ0n) is 24.2. The number of carboxylic acid groups (broad SMARTS) is 1. The number of aliphatic carboxylic acids is 1. The number of carbonyl (C=O) groups is 2. The van der Waals surface area contributed by atoms with Crippen LogP contribution in [0.25, 0.3) is 0 Å². The van der Waals surface area contributed by atoms with E-state index in [1.807, 2.05) is 13.8 Å². The lowest BCUT2D eigenvalue weighted by molar-refractivity contribution is -0.244. The fourth-order valence-electron chi connectivity index (χ4n) is 11.1. The molecule has 0 bridgehead atoms. The topological polar surface area (TPSA) is 124 Å². The number of allylic oxidation sites excluding steroid dienone is 1. The van der Waals surface area contributed by atoms with E-state index in [1.165, 1.54) is 7.11 Å². The maximum atomic E-state index is 13.1. The lowest BCUT2D eigenvalue weighted by Crippen LogP contribution is -2.70. The molecule has 0 aromatic carbocycles. The lowest BCUT2D eigenvalue weighted by Gasteiger charge is -2.71. The summed E-state index contributed by atoms with van der Waals surface area (Å²) in [5.74, 6) is -1.75. The van der Waals surface area contributed by atoms with Gasteiger partial charge in [-0.25, -0.2) is 0 Å². The molecule has 4 saturated carbocycles. The first kappa shape index (κ1) is 28.1. The summed E-state index contributed by atoms with van der Waals surface area (Å²) in [6.45, 7) is 12.4. The Morgan fingerprint density at radius 3 is 2.24 bits per heavy atom. The summed E-state index contributed by atoms with van der Waals surface area (Å²) < 4.78 is 5.19. The Morgan fingerprint density at radius 2 is 1.63 bits per heavy atom. The van der Waals surface area contributed by atoms with Gasteiger partial charge in [0.2, 0.25) is 0 Å². The molecule has 0 aromatic rings. The van der Waals surface area contributed by atoms with Crippen LogP contribution >= 0.6 is 0 Å². The number of esters is 1. The van der Waals surface area contributed by atoms with Crippen molar-refractivity contribution in [2.24, 2.45) is 50.7 Å². The summed E-state index contributed by atoms with van der Waals surface area (Å²) in [5.41, 5.74) is -3.15. The molecule has 0 saturated heterocycles. The molecule has 0 spiro atoms. The largest absolute Gasteiger partial charge is 0.481 e. The summed E-state index contributed by atoms with van der Waals surface area (Å²) >= 11 is 0. The van der Waals surface area contributed by atoms with Crippen LogP contribution in [-0.2, 0) is 14.3 Å². The molecule has 0 aromatic heterocycles. The van der Waals surface area contributed by atoms with E-state index in [9.17, 15) is 30.0 Å². The van der Waals surface area contributed by atoms with Crippen molar-refractivity contribution in [3.8, 4) is 0 Å². The second-order valence-electron chi connectivity index (χ2n) is 14.8. The highest BCUT2D eigenvalue weighted by molar-refractivity contribution is 5.78. The molecule has 7 nitrogen and oxygen atoms in total. The van der Waals surface area contributed by atoms with Crippen LogP contribution in [-0.4, -0.2) is 57.3 Å². The number of carboxylic acids is 1. The van der Waals surface area contributed by atoms with Crippen LogP contribution in [0.5, 0.6) is 0 Å². The van der Waals surface area contributed by atoms with Crippen molar-refractivity contribution in [2.75, 3.05) is 7.11 Å². The zero-order valence-corrected chi connectivity index (χ0v) is 24.2. The van der Waals surface area contributed by atoms with Crippen molar-refractivity contribution in [2.45, 2.75) is 111 Å². The lowest BCUT2D eigenvalue weighted by atomic mass is 9.33. The third kappa shape index (κ3) is 3.07. The number of carbonyl (C=O) groups excluding carboxylic acids is 1. The van der Waals surface area contributed by atoms with Gasteiger partial charge in [0.05, 0.1) is 35.7 Å². The first-order valence-corrected chi connectivity index (χ1v) is 14.6. The first-order chi connectivity index (χ1) is 17.5. The number of rotatable bonds is 2. The van der Waals surface area contributed by atoms with E-state index in [0.29, 0.717) is 38.5 Å². The quantitative estimate of drug-likeness (QED) is 0.308. The Hall–Kier alpha value is -1.44. The summed E-state index contributed by atoms with van der Waals surface area (Å²) in [6.07, 6.45) is 5.21. The third-order valence-electron chi connectivity index (χ3n) is 13.7. The molecule has 0 heterocycles. The molecule has 0 radical (unpaired) electrons. The van der Waals surface area contributed by atoms with Crippen molar-refractivity contribution in [3.63, 3.8) is 0 Å². The van der Waals surface area contributed by atoms with Crippen LogP contribution in [0.15, 0.2) is 11.6 Å². The number of aliphatic hydroxyl groups excluding tert-OH is 2. The van der Waals surface area contributed by atoms with Crippen molar-refractivity contribution in [3.05, 3.63) is 11.6 Å². The summed E-state index contributed by atoms with van der Waals surface area (Å²) in [6, 6.07) is 0. The van der Waals surface area contributed by atoms with Gasteiger partial charge in [-0.05, 0) is 99.2 Å². The Bertz CT molecular complexity index is 1070. The van der Waals surface area contributed by atoms with E-state index in [-0.39, 0.29) is 28.6 Å². The number of hydrogen-bond donors (Lipinski definition) is 4. The number of ether oxygens (including phenoxy) is 1. The van der Waals surface area contributed by atoms with Gasteiger partial charge in [0.1, 0.15) is 0 Å². The fraction of sp³-hybridized carbons (Fsp3) is 0.871. The van der Waals surface area contributed by atoms with Gasteiger partial charge in [-0.15, -0.1) is 0 Å². The SMILES string of the molecule is COC(=O)C1(C)C(O)C(O)CC2(C)C1CCC1(C)C2CC=C2C3C(C(=O)O)(CCC(C)C3(C)O)CCC21C. The molecular weight excluding hydrogens is 484 g/mol. The average molecular weight is 533 g/mol. The molecule has 4 fully saturated rings. The van der Waals surface area contributed by atoms with E-state index < -0.39 is 51.9 Å². The number of hydrogen-bond acceptors (Lipinski definition) is 6. The summed E-state index contributed by atoms with van der Waals surface area (Å²) in [4.78, 5) is 26.0. The van der Waals surface area contributed by atoms with Crippen LogP contribution in [0, 0.1) is 50.7 Å². The van der Waals surface area contributed by atoms with Gasteiger partial charge in [-0.3, -0.25) is 9.59 Å². The summed E-state index contributed by atoms with van der Waals surface area (Å²) in [5, 5.41) is 44.7. The molecule has 7 heteroatoms. The van der Waals surface area contributed by atoms with Gasteiger partial charge in [0.15, 0.2) is 0 Å². The van der Waals surface area contributed by atoms with E-state index in [1.54, 1.807) is 6.92 Å². The third-order valence-corrected chi connectivity index (χ3v) is 13.7. The fourth-order valence-corrected chi connectivity index (χ4v) is 11.1. The Morgan fingerprint density at radius 1 is 0.974 bits per heavy atom. The molecule has 12 atom stereocenters. The molecular formula is C31H48O7. The first-order valence-electron chi connectivity index (χ1n) is 14.6. The van der Waals surface area contributed by atoms with Gasteiger partial charge in [0, 0.05) is 5.92 Å². The molecule has 214 valence electrons. The highest BCUT2D eigenvalue weighted by atomic mass is 16.5. The molecule has 5 aliphatic rings. The maximum absolute atomic E-state index is 13.1. The second kappa shape index (κ2) is 8.29. The maximum Gasteiger partial charge on any atom is 0.314 e. The Balaban J connectivity index is 1.65. The van der Waals surface area contributed by atoms with E-state index in [4.69, 9.17) is 4.74 Å².